The van der Waals surface area contributed by atoms with Crippen LogP contribution in [0.1, 0.15) is 320 Å². The summed E-state index contributed by atoms with van der Waals surface area (Å²) in [6.45, 7) is 30.5. The second-order valence-corrected chi connectivity index (χ2v) is 36.4. The standard InChI is InChI=1S/C45H60O3.C26H44O4.C12H16N2O5S.C12H22O4/c1-8-31(40-13-24(2)11-29(7)44(40)47)19-33-20-35-21-34(33)22-39(35)42-14-25(3)12-37(45(42)48)26(4)9-10-32-16-30-17-38(32)41(18-30)36-23-43(46)28(6)15-27(36)5;1-6-8-9-10-11-12-13-14-15-16-17-24(25(28)29-7-2)30-21-18-19-23(27)22(20-21)26(3,4)5;15-12(14-6-8-19-9-7-14)13-4-1-11(2-5-13)3-10-20(16,17)18;1-3-4-5-6-7-8-9-16-12(14)10-11(13)15-2/h11-15,23,26,30-35,38-39,41,46-48H,8-10,16-22H2,1-7H3;18-20,24,27H,6-17H2,1-5H3;1-2,4-5H,3,6-10H2;3-10H2,1-2H3/p+1. The van der Waals surface area contributed by atoms with Gasteiger partial charge in [0.1, 0.15) is 48.3 Å². The van der Waals surface area contributed by atoms with E-state index in [-0.39, 0.29) is 41.8 Å². The van der Waals surface area contributed by atoms with Crippen molar-refractivity contribution < 1.29 is 80.8 Å². The zero-order valence-corrected chi connectivity index (χ0v) is 72.7. The Morgan fingerprint density at radius 1 is 0.614 bits per heavy atom. The van der Waals surface area contributed by atoms with E-state index in [1.165, 1.54) is 167 Å². The van der Waals surface area contributed by atoms with Gasteiger partial charge in [-0.2, -0.15) is 17.8 Å². The number of nitrogens with zero attached hydrogens (tertiary/aromatic N) is 2. The largest absolute Gasteiger partial charge is 0.508 e. The first-order valence-corrected chi connectivity index (χ1v) is 45.1. The lowest BCUT2D eigenvalue weighted by atomic mass is 9.72. The highest BCUT2D eigenvalue weighted by atomic mass is 32.2. The van der Waals surface area contributed by atoms with Crippen molar-refractivity contribution in [1.82, 2.24) is 4.90 Å². The Morgan fingerprint density at radius 3 is 1.84 bits per heavy atom. The lowest BCUT2D eigenvalue weighted by molar-refractivity contribution is -0.578. The number of phenols is 4. The van der Waals surface area contributed by atoms with E-state index in [2.05, 4.69) is 89.6 Å². The van der Waals surface area contributed by atoms with Crippen LogP contribution in [0.3, 0.4) is 0 Å². The number of phenolic OH excluding ortho intramolecular Hbond substituents is 4. The SMILES string of the molecule is CCC(CC1CC2CC1CC2c1cc(C)cc(C(C)CCC2CC3CC(c4cc(O)c(C)cc4C)C2C3)c1O)c1cc(C)cc(C)c1O.CCCCCCCCCCCCC(Oc1ccc(O)c(C(C)(C)C)c1)C(=O)OCC.CCCCCCCCOC(=O)CC(=O)OC.O=C(N1CCOCC1)[n+]1ccc(CCS(=O)(=O)O)cc1. The summed E-state index contributed by atoms with van der Waals surface area (Å²) in [6.07, 6.45) is 34.9. The molecule has 4 aliphatic carbocycles. The predicted octanol–water partition coefficient (Wildman–Crippen LogP) is 21.2. The maximum absolute atomic E-state index is 12.4. The molecule has 5 aromatic rings. The molecule has 1 aliphatic heterocycles. The lowest BCUT2D eigenvalue weighted by Crippen LogP contribution is -2.55. The van der Waals surface area contributed by atoms with Gasteiger partial charge in [0.25, 0.3) is 10.1 Å². The van der Waals surface area contributed by atoms with Crippen LogP contribution < -0.4 is 9.30 Å². The number of carbonyl (C=O) groups excluding carboxylic acids is 4. The monoisotopic (exact) mass is 1600 g/mol. The van der Waals surface area contributed by atoms with Crippen molar-refractivity contribution in [3.8, 4) is 28.7 Å². The molecule has 0 radical (unpaired) electrons. The van der Waals surface area contributed by atoms with Crippen LogP contribution in [0.25, 0.3) is 0 Å². The van der Waals surface area contributed by atoms with Gasteiger partial charge in [0, 0.05) is 5.56 Å². The average molecular weight is 1600 g/mol. The average Bonchev–Trinajstić information content (AvgIpc) is 1.61. The number of aryl methyl sites for hydroxylation is 6. The number of ether oxygens (including phenoxy) is 5. The molecule has 1 amide bonds. The van der Waals surface area contributed by atoms with E-state index in [0.717, 1.165) is 90.5 Å². The number of pyridine rings is 1. The molecular weight excluding hydrogens is 1460 g/mol. The summed E-state index contributed by atoms with van der Waals surface area (Å²) in [5.74, 6) is 6.85. The maximum atomic E-state index is 12.4. The molecule has 4 aromatic carbocycles. The third-order valence-electron chi connectivity index (χ3n) is 24.9. The number of methoxy groups -OCH3 is 1. The van der Waals surface area contributed by atoms with Gasteiger partial charge in [-0.25, -0.2) is 9.69 Å². The second kappa shape index (κ2) is 46.7. The van der Waals surface area contributed by atoms with Crippen molar-refractivity contribution in [2.45, 2.75) is 311 Å². The lowest BCUT2D eigenvalue weighted by Gasteiger charge is -2.33. The topological polar surface area (TPSA) is 257 Å². The molecule has 19 heteroatoms. The Balaban J connectivity index is 0.000000233. The fraction of sp³-hybridized carbons (Fsp3) is 0.653. The van der Waals surface area contributed by atoms with E-state index in [4.69, 9.17) is 23.5 Å². The summed E-state index contributed by atoms with van der Waals surface area (Å²) >= 11 is 0. The summed E-state index contributed by atoms with van der Waals surface area (Å²) in [4.78, 5) is 47.9. The van der Waals surface area contributed by atoms with Crippen molar-refractivity contribution >= 4 is 34.1 Å². The molecule has 10 rings (SSSR count). The van der Waals surface area contributed by atoms with Crippen LogP contribution in [0.5, 0.6) is 28.7 Å². The molecular formula is C95H143N2O16S+. The first-order chi connectivity index (χ1) is 54.4. The summed E-state index contributed by atoms with van der Waals surface area (Å²) in [7, 11) is -2.71. The molecule has 11 unspecified atom stereocenters. The number of hydrogen-bond acceptors (Lipinski definition) is 15. The minimum absolute atomic E-state index is 0.130. The number of unbranched alkanes of at least 4 members (excludes halogenated alkanes) is 14. The van der Waals surface area contributed by atoms with Gasteiger partial charge >= 0.3 is 23.9 Å². The van der Waals surface area contributed by atoms with Crippen molar-refractivity contribution in [3.05, 3.63) is 140 Å². The van der Waals surface area contributed by atoms with Crippen molar-refractivity contribution in [2.75, 3.05) is 52.4 Å². The van der Waals surface area contributed by atoms with E-state index in [9.17, 15) is 48.0 Å². The number of fused-ring (bicyclic) bond motifs is 4. The van der Waals surface area contributed by atoms with Gasteiger partial charge in [-0.1, -0.05) is 180 Å². The third kappa shape index (κ3) is 29.1. The summed E-state index contributed by atoms with van der Waals surface area (Å²) < 4.78 is 57.1. The van der Waals surface area contributed by atoms with E-state index in [1.54, 1.807) is 41.6 Å². The molecule has 5 aliphatic rings. The van der Waals surface area contributed by atoms with Crippen LogP contribution in [-0.2, 0) is 55.3 Å². The van der Waals surface area contributed by atoms with Crippen LogP contribution >= 0.6 is 0 Å². The number of esters is 3. The highest BCUT2D eigenvalue weighted by Crippen LogP contribution is 2.61. The van der Waals surface area contributed by atoms with Crippen LogP contribution in [-0.4, -0.2) is 121 Å². The van der Waals surface area contributed by atoms with Crippen LogP contribution in [0.15, 0.2) is 79.1 Å². The van der Waals surface area contributed by atoms with Gasteiger partial charge in [-0.15, -0.1) is 0 Å². The molecule has 5 fully saturated rings. The molecule has 2 heterocycles. The predicted molar refractivity (Wildman–Crippen MR) is 453 cm³/mol. The number of carbonyl (C=O) groups is 4. The summed E-state index contributed by atoms with van der Waals surface area (Å²) in [5.41, 5.74) is 12.1. The molecule has 0 spiro atoms. The third-order valence-corrected chi connectivity index (χ3v) is 25.6. The molecule has 114 heavy (non-hydrogen) atoms. The van der Waals surface area contributed by atoms with Crippen molar-refractivity contribution in [3.63, 3.8) is 0 Å². The second-order valence-electron chi connectivity index (χ2n) is 34.9. The van der Waals surface area contributed by atoms with E-state index >= 15 is 0 Å². The fourth-order valence-corrected chi connectivity index (χ4v) is 19.2. The van der Waals surface area contributed by atoms with Crippen molar-refractivity contribution in [1.29, 1.82) is 0 Å². The minimum Gasteiger partial charge on any atom is -0.508 e. The number of aromatic hydroxyl groups is 4. The Kier molecular flexibility index (Phi) is 38.4. The number of aromatic nitrogens is 1. The Morgan fingerprint density at radius 2 is 1.25 bits per heavy atom. The van der Waals surface area contributed by atoms with E-state index in [1.807, 2.05) is 47.6 Å². The summed E-state index contributed by atoms with van der Waals surface area (Å²) in [6, 6.07) is 21.5. The van der Waals surface area contributed by atoms with Gasteiger partial charge in [0.15, 0.2) is 6.10 Å². The first-order valence-electron chi connectivity index (χ1n) is 43.5. The molecule has 634 valence electrons. The molecule has 4 saturated carbocycles. The van der Waals surface area contributed by atoms with Crippen LogP contribution in [0, 0.1) is 70.1 Å². The fourth-order valence-electron chi connectivity index (χ4n) is 18.7. The quantitative estimate of drug-likeness (QED) is 0.00618. The van der Waals surface area contributed by atoms with Gasteiger partial charge < -0.3 is 44.1 Å². The Hall–Kier alpha value is -7.22. The Labute approximate surface area is 684 Å². The normalized spacial score (nSPS) is 20.3. The number of benzene rings is 4. The van der Waals surface area contributed by atoms with Gasteiger partial charge in [0.2, 0.25) is 0 Å². The van der Waals surface area contributed by atoms with E-state index in [0.29, 0.717) is 110 Å². The number of rotatable bonds is 37. The van der Waals surface area contributed by atoms with Crippen LogP contribution in [0.2, 0.25) is 0 Å². The van der Waals surface area contributed by atoms with Gasteiger partial charge in [-0.05, 0) is 277 Å². The molecule has 1 saturated heterocycles. The zero-order chi connectivity index (χ0) is 83.2. The highest BCUT2D eigenvalue weighted by molar-refractivity contribution is 7.85. The number of amides is 1. The highest BCUT2D eigenvalue weighted by Gasteiger charge is 2.49. The number of hydrogen-bond donors (Lipinski definition) is 5. The smallest absolute Gasteiger partial charge is 0.498 e. The van der Waals surface area contributed by atoms with Crippen LogP contribution in [0.4, 0.5) is 4.79 Å². The molecule has 11 atom stereocenters. The maximum Gasteiger partial charge on any atom is 0.498 e. The van der Waals surface area contributed by atoms with Gasteiger partial charge in [0.05, 0.1) is 51.7 Å². The minimum atomic E-state index is -3.96. The summed E-state index contributed by atoms with van der Waals surface area (Å²) in [5, 5.41) is 43.4. The molecule has 1 aromatic heterocycles. The number of morpholine rings is 1. The van der Waals surface area contributed by atoms with Crippen molar-refractivity contribution in [2.24, 2.45) is 35.5 Å². The zero-order valence-electron chi connectivity index (χ0n) is 71.8. The molecule has 5 N–H and O–H groups in total. The Bertz CT molecular complexity index is 3940. The first kappa shape index (κ1) is 93.9. The molecule has 18 nitrogen and oxygen atoms in total. The van der Waals surface area contributed by atoms with Gasteiger partial charge in [-0.3, -0.25) is 14.1 Å². The van der Waals surface area contributed by atoms with E-state index < -0.39 is 28.2 Å². The molecule has 4 bridgehead atoms.